The SMILES string of the molecule is COc1ccc(OC)c(C(N)=O)c1N. The fourth-order valence-corrected chi connectivity index (χ4v) is 1.18. The summed E-state index contributed by atoms with van der Waals surface area (Å²) in [5.41, 5.74) is 11.2. The molecule has 5 heteroatoms. The topological polar surface area (TPSA) is 87.6 Å². The third kappa shape index (κ3) is 1.56. The molecule has 0 saturated heterocycles. The molecular weight excluding hydrogens is 184 g/mol. The molecule has 0 atom stereocenters. The van der Waals surface area contributed by atoms with Gasteiger partial charge < -0.3 is 20.9 Å². The molecule has 0 aliphatic heterocycles. The minimum absolute atomic E-state index is 0.145. The summed E-state index contributed by atoms with van der Waals surface area (Å²) in [5.74, 6) is 0.105. The second-order valence-electron chi connectivity index (χ2n) is 2.62. The Labute approximate surface area is 81.6 Å². The average molecular weight is 196 g/mol. The molecule has 4 N–H and O–H groups in total. The molecule has 1 aromatic carbocycles. The van der Waals surface area contributed by atoms with Crippen molar-refractivity contribution in [3.8, 4) is 11.5 Å². The number of primary amides is 1. The van der Waals surface area contributed by atoms with Crippen molar-refractivity contribution in [1.82, 2.24) is 0 Å². The number of amides is 1. The molecule has 0 radical (unpaired) electrons. The van der Waals surface area contributed by atoms with Gasteiger partial charge in [0.2, 0.25) is 0 Å². The first kappa shape index (κ1) is 10.2. The van der Waals surface area contributed by atoms with Crippen molar-refractivity contribution in [2.75, 3.05) is 20.0 Å². The zero-order chi connectivity index (χ0) is 10.7. The fourth-order valence-electron chi connectivity index (χ4n) is 1.18. The van der Waals surface area contributed by atoms with Crippen molar-refractivity contribution in [2.24, 2.45) is 5.73 Å². The zero-order valence-electron chi connectivity index (χ0n) is 8.03. The van der Waals surface area contributed by atoms with Gasteiger partial charge in [-0.3, -0.25) is 4.79 Å². The first-order valence-electron chi connectivity index (χ1n) is 3.92. The normalized spacial score (nSPS) is 9.57. The maximum atomic E-state index is 11.1. The van der Waals surface area contributed by atoms with Gasteiger partial charge in [0.15, 0.2) is 0 Å². The Bertz CT molecular complexity index is 363. The Morgan fingerprint density at radius 2 is 1.71 bits per heavy atom. The Morgan fingerprint density at radius 3 is 2.14 bits per heavy atom. The van der Waals surface area contributed by atoms with E-state index in [1.165, 1.54) is 14.2 Å². The van der Waals surface area contributed by atoms with Gasteiger partial charge in [-0.15, -0.1) is 0 Å². The number of hydrogen-bond donors (Lipinski definition) is 2. The number of anilines is 1. The summed E-state index contributed by atoms with van der Waals surface area (Å²) in [6.45, 7) is 0. The lowest BCUT2D eigenvalue weighted by molar-refractivity contribution is 0.0998. The van der Waals surface area contributed by atoms with E-state index in [-0.39, 0.29) is 11.3 Å². The minimum atomic E-state index is -0.641. The summed E-state index contributed by atoms with van der Waals surface area (Å²) < 4.78 is 9.90. The van der Waals surface area contributed by atoms with E-state index in [1.807, 2.05) is 0 Å². The van der Waals surface area contributed by atoms with Crippen LogP contribution in [0.4, 0.5) is 5.69 Å². The van der Waals surface area contributed by atoms with E-state index in [0.29, 0.717) is 11.5 Å². The molecule has 1 aromatic rings. The Balaban J connectivity index is 3.39. The molecule has 14 heavy (non-hydrogen) atoms. The molecule has 0 unspecified atom stereocenters. The number of carbonyl (C=O) groups is 1. The summed E-state index contributed by atoms with van der Waals surface area (Å²) >= 11 is 0. The number of methoxy groups -OCH3 is 2. The maximum Gasteiger partial charge on any atom is 0.254 e. The standard InChI is InChI=1S/C9H12N2O3/c1-13-5-3-4-6(14-2)8(10)7(5)9(11)12/h3-4H,10H2,1-2H3,(H2,11,12). The Hall–Kier alpha value is -1.91. The number of rotatable bonds is 3. The second-order valence-corrected chi connectivity index (χ2v) is 2.62. The van der Waals surface area contributed by atoms with E-state index >= 15 is 0 Å². The highest BCUT2D eigenvalue weighted by Crippen LogP contribution is 2.32. The van der Waals surface area contributed by atoms with Crippen LogP contribution in [0.5, 0.6) is 11.5 Å². The highest BCUT2D eigenvalue weighted by molar-refractivity contribution is 6.02. The highest BCUT2D eigenvalue weighted by atomic mass is 16.5. The summed E-state index contributed by atoms with van der Waals surface area (Å²) in [6.07, 6.45) is 0. The van der Waals surface area contributed by atoms with Gasteiger partial charge in [-0.25, -0.2) is 0 Å². The second kappa shape index (κ2) is 3.87. The first-order chi connectivity index (χ1) is 6.61. The van der Waals surface area contributed by atoms with Gasteiger partial charge in [0.25, 0.3) is 5.91 Å². The number of carbonyl (C=O) groups excluding carboxylic acids is 1. The van der Waals surface area contributed by atoms with E-state index in [2.05, 4.69) is 0 Å². The lowest BCUT2D eigenvalue weighted by Gasteiger charge is -2.11. The van der Waals surface area contributed by atoms with Crippen molar-refractivity contribution in [2.45, 2.75) is 0 Å². The molecular formula is C9H12N2O3. The van der Waals surface area contributed by atoms with E-state index in [4.69, 9.17) is 20.9 Å². The number of nitrogen functional groups attached to an aromatic ring is 1. The van der Waals surface area contributed by atoms with Crippen LogP contribution >= 0.6 is 0 Å². The predicted molar refractivity (Wildman–Crippen MR) is 52.5 cm³/mol. The number of benzene rings is 1. The highest BCUT2D eigenvalue weighted by Gasteiger charge is 2.16. The number of nitrogens with two attached hydrogens (primary N) is 2. The van der Waals surface area contributed by atoms with E-state index < -0.39 is 5.91 Å². The summed E-state index contributed by atoms with van der Waals surface area (Å²) in [4.78, 5) is 11.1. The van der Waals surface area contributed by atoms with E-state index in [1.54, 1.807) is 12.1 Å². The average Bonchev–Trinajstić information content (AvgIpc) is 2.16. The van der Waals surface area contributed by atoms with Gasteiger partial charge in [0.05, 0.1) is 19.9 Å². The molecule has 0 saturated carbocycles. The summed E-state index contributed by atoms with van der Waals surface area (Å²) in [7, 11) is 2.90. The molecule has 0 aliphatic carbocycles. The van der Waals surface area contributed by atoms with Gasteiger partial charge in [-0.2, -0.15) is 0 Å². The molecule has 0 heterocycles. The smallest absolute Gasteiger partial charge is 0.254 e. The molecule has 0 aromatic heterocycles. The molecule has 76 valence electrons. The largest absolute Gasteiger partial charge is 0.496 e. The van der Waals surface area contributed by atoms with E-state index in [0.717, 1.165) is 0 Å². The van der Waals surface area contributed by atoms with E-state index in [9.17, 15) is 4.79 Å². The van der Waals surface area contributed by atoms with Gasteiger partial charge in [0.1, 0.15) is 17.1 Å². The maximum absolute atomic E-state index is 11.1. The fraction of sp³-hybridized carbons (Fsp3) is 0.222. The molecule has 0 fully saturated rings. The van der Waals surface area contributed by atoms with Crippen LogP contribution in [-0.2, 0) is 0 Å². The van der Waals surface area contributed by atoms with Crippen LogP contribution in [0, 0.1) is 0 Å². The molecule has 5 nitrogen and oxygen atoms in total. The third-order valence-corrected chi connectivity index (χ3v) is 1.85. The first-order valence-corrected chi connectivity index (χ1v) is 3.92. The zero-order valence-corrected chi connectivity index (χ0v) is 8.03. The van der Waals surface area contributed by atoms with Gasteiger partial charge >= 0.3 is 0 Å². The molecule has 1 rings (SSSR count). The lowest BCUT2D eigenvalue weighted by atomic mass is 10.1. The van der Waals surface area contributed by atoms with Crippen LogP contribution in [0.3, 0.4) is 0 Å². The molecule has 1 amide bonds. The molecule has 0 spiro atoms. The van der Waals surface area contributed by atoms with Gasteiger partial charge in [-0.05, 0) is 12.1 Å². The van der Waals surface area contributed by atoms with Crippen molar-refractivity contribution in [3.05, 3.63) is 17.7 Å². The van der Waals surface area contributed by atoms with Crippen LogP contribution in [0.2, 0.25) is 0 Å². The molecule has 0 aliphatic rings. The lowest BCUT2D eigenvalue weighted by Crippen LogP contribution is -2.15. The predicted octanol–water partition coefficient (Wildman–Crippen LogP) is 0.385. The van der Waals surface area contributed by atoms with Crippen molar-refractivity contribution in [1.29, 1.82) is 0 Å². The number of hydrogen-bond acceptors (Lipinski definition) is 4. The van der Waals surface area contributed by atoms with Crippen LogP contribution in [0.25, 0.3) is 0 Å². The third-order valence-electron chi connectivity index (χ3n) is 1.85. The Kier molecular flexibility index (Phi) is 2.81. The Morgan fingerprint density at radius 1 is 1.21 bits per heavy atom. The van der Waals surface area contributed by atoms with Crippen molar-refractivity contribution >= 4 is 11.6 Å². The van der Waals surface area contributed by atoms with Crippen LogP contribution in [0.1, 0.15) is 10.4 Å². The van der Waals surface area contributed by atoms with Crippen molar-refractivity contribution in [3.63, 3.8) is 0 Å². The minimum Gasteiger partial charge on any atom is -0.496 e. The van der Waals surface area contributed by atoms with Crippen molar-refractivity contribution < 1.29 is 14.3 Å². The number of ether oxygens (including phenoxy) is 2. The van der Waals surface area contributed by atoms with Crippen LogP contribution in [-0.4, -0.2) is 20.1 Å². The van der Waals surface area contributed by atoms with Gasteiger partial charge in [0, 0.05) is 0 Å². The van der Waals surface area contributed by atoms with Crippen LogP contribution < -0.4 is 20.9 Å². The molecule has 0 bridgehead atoms. The van der Waals surface area contributed by atoms with Crippen LogP contribution in [0.15, 0.2) is 12.1 Å². The van der Waals surface area contributed by atoms with Gasteiger partial charge in [-0.1, -0.05) is 0 Å². The quantitative estimate of drug-likeness (QED) is 0.684. The summed E-state index contributed by atoms with van der Waals surface area (Å²) in [6, 6.07) is 3.19. The summed E-state index contributed by atoms with van der Waals surface area (Å²) in [5, 5.41) is 0. The monoisotopic (exact) mass is 196 g/mol.